The zero-order valence-electron chi connectivity index (χ0n) is 20.6. The van der Waals surface area contributed by atoms with Crippen LogP contribution in [0.2, 0.25) is 0 Å². The number of aromatic amines is 1. The molecule has 37 heavy (non-hydrogen) atoms. The molecule has 0 bridgehead atoms. The Labute approximate surface area is 217 Å². The molecule has 192 valence electrons. The van der Waals surface area contributed by atoms with E-state index in [1.54, 1.807) is 50.5 Å². The van der Waals surface area contributed by atoms with Crippen molar-refractivity contribution < 1.29 is 23.5 Å². The maximum Gasteiger partial charge on any atom is 0.266 e. The van der Waals surface area contributed by atoms with Gasteiger partial charge in [-0.15, -0.1) is 0 Å². The minimum Gasteiger partial charge on any atom is -0.493 e. The highest BCUT2D eigenvalue weighted by atomic mass is 32.1. The second-order valence-electron chi connectivity index (χ2n) is 7.90. The summed E-state index contributed by atoms with van der Waals surface area (Å²) in [6.45, 7) is 0. The van der Waals surface area contributed by atoms with Crippen LogP contribution in [0.3, 0.4) is 0 Å². The molecule has 0 aliphatic heterocycles. The molecule has 0 saturated heterocycles. The third-order valence-corrected chi connectivity index (χ3v) is 5.38. The first-order valence-corrected chi connectivity index (χ1v) is 11.3. The SMILES string of the molecule is CN(C)C=O.COc1ccc(NC(=O)c2ccc3c(=O)n(-c4ccc(F)cc4)c(=S)[nH]c3c2)cc1OC. The summed E-state index contributed by atoms with van der Waals surface area (Å²) in [4.78, 5) is 39.6. The van der Waals surface area contributed by atoms with Crippen molar-refractivity contribution in [1.29, 1.82) is 0 Å². The molecule has 4 rings (SSSR count). The fourth-order valence-corrected chi connectivity index (χ4v) is 3.60. The van der Waals surface area contributed by atoms with E-state index in [0.717, 1.165) is 6.41 Å². The second-order valence-corrected chi connectivity index (χ2v) is 8.29. The molecule has 1 heterocycles. The van der Waals surface area contributed by atoms with Gasteiger partial charge in [0.25, 0.3) is 11.5 Å². The van der Waals surface area contributed by atoms with E-state index in [9.17, 15) is 18.8 Å². The van der Waals surface area contributed by atoms with Crippen molar-refractivity contribution in [1.82, 2.24) is 14.5 Å². The van der Waals surface area contributed by atoms with Gasteiger partial charge in [0, 0.05) is 31.4 Å². The average molecular weight is 525 g/mol. The van der Waals surface area contributed by atoms with E-state index < -0.39 is 5.82 Å². The molecule has 0 spiro atoms. The van der Waals surface area contributed by atoms with E-state index in [2.05, 4.69) is 10.3 Å². The lowest BCUT2D eigenvalue weighted by Crippen LogP contribution is -2.21. The number of hydrogen-bond donors (Lipinski definition) is 2. The molecule has 2 amide bonds. The first kappa shape index (κ1) is 27.1. The van der Waals surface area contributed by atoms with Crippen LogP contribution in [0.15, 0.2) is 65.5 Å². The summed E-state index contributed by atoms with van der Waals surface area (Å²) in [7, 11) is 6.41. The van der Waals surface area contributed by atoms with Crippen LogP contribution in [0, 0.1) is 10.6 Å². The molecule has 1 aromatic heterocycles. The maximum atomic E-state index is 13.2. The number of benzene rings is 3. The highest BCUT2D eigenvalue weighted by molar-refractivity contribution is 7.71. The van der Waals surface area contributed by atoms with Crippen LogP contribution in [-0.2, 0) is 4.79 Å². The zero-order chi connectivity index (χ0) is 27.1. The van der Waals surface area contributed by atoms with Crippen molar-refractivity contribution in [2.24, 2.45) is 0 Å². The monoisotopic (exact) mass is 524 g/mol. The number of halogens is 1. The summed E-state index contributed by atoms with van der Waals surface area (Å²) in [6, 6.07) is 15.1. The molecule has 0 radical (unpaired) electrons. The van der Waals surface area contributed by atoms with E-state index >= 15 is 0 Å². The molecule has 0 fully saturated rings. The summed E-state index contributed by atoms with van der Waals surface area (Å²) in [5.41, 5.74) is 1.33. The number of nitrogens with zero attached hydrogens (tertiary/aromatic N) is 2. The number of aromatic nitrogens is 2. The summed E-state index contributed by atoms with van der Waals surface area (Å²) in [5, 5.41) is 3.13. The summed E-state index contributed by atoms with van der Waals surface area (Å²) in [6.07, 6.45) is 0.750. The second kappa shape index (κ2) is 12.0. The molecule has 0 saturated carbocycles. The topological polar surface area (TPSA) is 106 Å². The summed E-state index contributed by atoms with van der Waals surface area (Å²) < 4.78 is 25.1. The van der Waals surface area contributed by atoms with E-state index in [-0.39, 0.29) is 16.2 Å². The number of carbonyl (C=O) groups is 2. The molecule has 4 aromatic rings. The lowest BCUT2D eigenvalue weighted by molar-refractivity contribution is -0.115. The first-order chi connectivity index (χ1) is 17.7. The van der Waals surface area contributed by atoms with E-state index in [4.69, 9.17) is 21.7 Å². The van der Waals surface area contributed by atoms with Crippen LogP contribution in [0.4, 0.5) is 10.1 Å². The summed E-state index contributed by atoms with van der Waals surface area (Å²) >= 11 is 5.33. The number of amides is 2. The minimum absolute atomic E-state index is 0.131. The van der Waals surface area contributed by atoms with Crippen molar-refractivity contribution in [3.8, 4) is 17.2 Å². The van der Waals surface area contributed by atoms with Gasteiger partial charge in [-0.25, -0.2) is 4.39 Å². The molecule has 0 atom stereocenters. The third kappa shape index (κ3) is 6.39. The normalized spacial score (nSPS) is 10.2. The number of nitrogens with one attached hydrogen (secondary N) is 2. The van der Waals surface area contributed by atoms with Gasteiger partial charge in [0.15, 0.2) is 16.3 Å². The predicted octanol–water partition coefficient (Wildman–Crippen LogP) is 4.16. The standard InChI is InChI=1S/C23H18FN3O4S.C3H7NO/c1-30-19-10-6-15(12-20(19)31-2)25-21(28)13-3-9-17-18(11-13)26-23(32)27(22(17)29)16-7-4-14(24)5-8-16;1-4(2)3-5/h3-12H,1-2H3,(H,25,28)(H,26,32);3H,1-2H3. The maximum absolute atomic E-state index is 13.2. The van der Waals surface area contributed by atoms with Gasteiger partial charge in [-0.05, 0) is 66.8 Å². The Bertz CT molecular complexity index is 1550. The molecule has 0 aliphatic carbocycles. The number of anilines is 1. The van der Waals surface area contributed by atoms with Crippen LogP contribution < -0.4 is 20.3 Å². The Morgan fingerprint density at radius 2 is 1.68 bits per heavy atom. The van der Waals surface area contributed by atoms with E-state index in [0.29, 0.717) is 39.3 Å². The fourth-order valence-electron chi connectivity index (χ4n) is 3.30. The largest absolute Gasteiger partial charge is 0.493 e. The minimum atomic E-state index is -0.414. The van der Waals surface area contributed by atoms with Crippen LogP contribution in [0.5, 0.6) is 11.5 Å². The number of fused-ring (bicyclic) bond motifs is 1. The average Bonchev–Trinajstić information content (AvgIpc) is 2.89. The summed E-state index contributed by atoms with van der Waals surface area (Å²) in [5.74, 6) is 0.235. The van der Waals surface area contributed by atoms with Crippen molar-refractivity contribution >= 4 is 41.1 Å². The van der Waals surface area contributed by atoms with E-state index in [1.165, 1.54) is 48.0 Å². The van der Waals surface area contributed by atoms with Crippen molar-refractivity contribution in [3.63, 3.8) is 0 Å². The van der Waals surface area contributed by atoms with Gasteiger partial charge in [-0.3, -0.25) is 19.0 Å². The van der Waals surface area contributed by atoms with Gasteiger partial charge in [-0.2, -0.15) is 0 Å². The molecular formula is C26H25FN4O5S. The van der Waals surface area contributed by atoms with Gasteiger partial charge in [-0.1, -0.05) is 0 Å². The van der Waals surface area contributed by atoms with Crippen molar-refractivity contribution in [3.05, 3.63) is 87.2 Å². The Morgan fingerprint density at radius 3 is 2.27 bits per heavy atom. The number of rotatable bonds is 6. The van der Waals surface area contributed by atoms with Gasteiger partial charge in [0.2, 0.25) is 6.41 Å². The van der Waals surface area contributed by atoms with Crippen LogP contribution in [-0.4, -0.2) is 55.1 Å². The molecule has 0 aliphatic rings. The zero-order valence-corrected chi connectivity index (χ0v) is 21.4. The Hall–Kier alpha value is -4.51. The van der Waals surface area contributed by atoms with Gasteiger partial charge < -0.3 is 24.7 Å². The van der Waals surface area contributed by atoms with E-state index in [1.807, 2.05) is 0 Å². The Kier molecular flexibility index (Phi) is 8.75. The number of hydrogen-bond acceptors (Lipinski definition) is 6. The number of H-pyrrole nitrogens is 1. The van der Waals surface area contributed by atoms with Crippen LogP contribution in [0.1, 0.15) is 10.4 Å². The molecule has 3 aromatic carbocycles. The lowest BCUT2D eigenvalue weighted by atomic mass is 10.1. The number of ether oxygens (including phenoxy) is 2. The number of methoxy groups -OCH3 is 2. The molecule has 2 N–H and O–H groups in total. The van der Waals surface area contributed by atoms with Crippen molar-refractivity contribution in [2.75, 3.05) is 33.6 Å². The highest BCUT2D eigenvalue weighted by Crippen LogP contribution is 2.30. The molecule has 9 nitrogen and oxygen atoms in total. The fraction of sp³-hybridized carbons (Fsp3) is 0.154. The smallest absolute Gasteiger partial charge is 0.266 e. The van der Waals surface area contributed by atoms with Crippen LogP contribution >= 0.6 is 12.2 Å². The van der Waals surface area contributed by atoms with Gasteiger partial charge in [0.1, 0.15) is 5.82 Å². The molecule has 11 heteroatoms. The first-order valence-electron chi connectivity index (χ1n) is 10.9. The third-order valence-electron chi connectivity index (χ3n) is 5.10. The quantitative estimate of drug-likeness (QED) is 0.290. The highest BCUT2D eigenvalue weighted by Gasteiger charge is 2.13. The van der Waals surface area contributed by atoms with Crippen LogP contribution in [0.25, 0.3) is 16.6 Å². The van der Waals surface area contributed by atoms with Gasteiger partial charge >= 0.3 is 0 Å². The molecule has 0 unspecified atom stereocenters. The lowest BCUT2D eigenvalue weighted by Gasteiger charge is -2.11. The Morgan fingerprint density at radius 1 is 1.03 bits per heavy atom. The van der Waals surface area contributed by atoms with Crippen molar-refractivity contribution in [2.45, 2.75) is 0 Å². The molecular weight excluding hydrogens is 499 g/mol. The van der Waals surface area contributed by atoms with Gasteiger partial charge in [0.05, 0.1) is 30.8 Å². The predicted molar refractivity (Wildman–Crippen MR) is 142 cm³/mol. The Balaban J connectivity index is 0.000000695. The number of carbonyl (C=O) groups excluding carboxylic acids is 2.